The normalized spacial score (nSPS) is 19.9. The Labute approximate surface area is 115 Å². The van der Waals surface area contributed by atoms with Crippen molar-refractivity contribution in [3.63, 3.8) is 0 Å². The molecule has 20 heavy (non-hydrogen) atoms. The van der Waals surface area contributed by atoms with E-state index in [1.54, 1.807) is 11.0 Å². The molecule has 1 aromatic rings. The smallest absolute Gasteiger partial charge is 0.416 e. The number of aliphatic carboxylic acids is 1. The van der Waals surface area contributed by atoms with Crippen molar-refractivity contribution in [2.75, 3.05) is 18.0 Å². The Morgan fingerprint density at radius 1 is 1.50 bits per heavy atom. The van der Waals surface area contributed by atoms with Gasteiger partial charge in [-0.15, -0.1) is 0 Å². The highest BCUT2D eigenvalue weighted by Crippen LogP contribution is 2.46. The quantitative estimate of drug-likeness (QED) is 0.926. The second-order valence-electron chi connectivity index (χ2n) is 5.01. The number of anilines is 1. The van der Waals surface area contributed by atoms with Crippen LogP contribution in [0.5, 0.6) is 0 Å². The molecule has 0 bridgehead atoms. The fourth-order valence-corrected chi connectivity index (χ4v) is 2.77. The molecule has 0 radical (unpaired) electrons. The van der Waals surface area contributed by atoms with Crippen LogP contribution >= 0.6 is 0 Å². The van der Waals surface area contributed by atoms with Gasteiger partial charge in [0.25, 0.3) is 0 Å². The lowest BCUT2D eigenvalue weighted by molar-refractivity contribution is -0.143. The highest BCUT2D eigenvalue weighted by atomic mass is 19.4. The van der Waals surface area contributed by atoms with Gasteiger partial charge in [-0.2, -0.15) is 13.2 Å². The molecule has 3 nitrogen and oxygen atoms in total. The van der Waals surface area contributed by atoms with Crippen molar-refractivity contribution in [1.29, 1.82) is 0 Å². The number of likely N-dealkylation sites (N-methyl/N-ethyl adjacent to an activating group) is 1. The first kappa shape index (κ1) is 14.7. The highest BCUT2D eigenvalue weighted by molar-refractivity contribution is 5.74. The van der Waals surface area contributed by atoms with Gasteiger partial charge in [-0.25, -0.2) is 0 Å². The second kappa shape index (κ2) is 5.00. The summed E-state index contributed by atoms with van der Waals surface area (Å²) in [4.78, 5) is 13.0. The summed E-state index contributed by atoms with van der Waals surface area (Å²) in [5.74, 6) is -2.56. The van der Waals surface area contributed by atoms with Gasteiger partial charge in [0, 0.05) is 24.7 Å². The zero-order valence-corrected chi connectivity index (χ0v) is 11.2. The molecular weight excluding hydrogens is 271 g/mol. The monoisotopic (exact) mass is 287 g/mol. The van der Waals surface area contributed by atoms with Crippen LogP contribution < -0.4 is 4.90 Å². The van der Waals surface area contributed by atoms with Crippen LogP contribution in [0.3, 0.4) is 0 Å². The van der Waals surface area contributed by atoms with E-state index in [2.05, 4.69) is 0 Å². The molecule has 0 amide bonds. The van der Waals surface area contributed by atoms with E-state index >= 15 is 0 Å². The van der Waals surface area contributed by atoms with Gasteiger partial charge in [0.1, 0.15) is 0 Å². The minimum atomic E-state index is -4.47. The molecule has 0 aliphatic carbocycles. The number of nitrogens with zero attached hydrogens (tertiary/aromatic N) is 1. The Morgan fingerprint density at radius 2 is 2.15 bits per heavy atom. The van der Waals surface area contributed by atoms with Crippen molar-refractivity contribution < 1.29 is 23.1 Å². The molecule has 2 unspecified atom stereocenters. The number of carbonyl (C=O) groups is 1. The second-order valence-corrected chi connectivity index (χ2v) is 5.01. The number of hydrogen-bond acceptors (Lipinski definition) is 2. The summed E-state index contributed by atoms with van der Waals surface area (Å²) in [5.41, 5.74) is -0.0961. The number of carboxylic acid groups (broad SMARTS) is 1. The third-order valence-electron chi connectivity index (χ3n) is 3.89. The summed E-state index contributed by atoms with van der Waals surface area (Å²) in [6.07, 6.45) is -4.47. The number of alkyl halides is 3. The molecule has 1 aliphatic heterocycles. The molecule has 2 atom stereocenters. The van der Waals surface area contributed by atoms with E-state index in [1.807, 2.05) is 6.92 Å². The molecule has 0 saturated carbocycles. The lowest BCUT2D eigenvalue weighted by atomic mass is 9.86. The van der Waals surface area contributed by atoms with Crippen molar-refractivity contribution in [3.05, 3.63) is 29.3 Å². The Morgan fingerprint density at radius 3 is 2.65 bits per heavy atom. The molecule has 0 fully saturated rings. The predicted molar refractivity (Wildman–Crippen MR) is 68.9 cm³/mol. The number of carboxylic acids is 1. The van der Waals surface area contributed by atoms with Gasteiger partial charge in [-0.05, 0) is 24.6 Å². The van der Waals surface area contributed by atoms with E-state index in [0.29, 0.717) is 18.8 Å². The van der Waals surface area contributed by atoms with E-state index in [0.717, 1.165) is 6.07 Å². The van der Waals surface area contributed by atoms with E-state index in [9.17, 15) is 18.0 Å². The van der Waals surface area contributed by atoms with Gasteiger partial charge in [0.05, 0.1) is 11.5 Å². The minimum absolute atomic E-state index is 0.122. The predicted octanol–water partition coefficient (Wildman–Crippen LogP) is 3.35. The molecule has 0 saturated heterocycles. The van der Waals surface area contributed by atoms with E-state index < -0.39 is 29.5 Å². The van der Waals surface area contributed by atoms with Crippen LogP contribution in [0.4, 0.5) is 18.9 Å². The van der Waals surface area contributed by atoms with Crippen LogP contribution in [-0.2, 0) is 11.0 Å². The topological polar surface area (TPSA) is 40.5 Å². The first-order valence-corrected chi connectivity index (χ1v) is 6.45. The standard InChI is InChI=1S/C14H16F3NO2/c1-3-18-7-9(8(2)13(19)20)12-10(14(15,16)17)5-4-6-11(12)18/h4-6,8-9H,3,7H2,1-2H3,(H,19,20). The molecule has 110 valence electrons. The zero-order chi connectivity index (χ0) is 15.1. The molecule has 1 aromatic carbocycles. The summed E-state index contributed by atoms with van der Waals surface area (Å²) in [6.45, 7) is 4.17. The van der Waals surface area contributed by atoms with Crippen LogP contribution in [0.2, 0.25) is 0 Å². The number of hydrogen-bond donors (Lipinski definition) is 1. The molecule has 1 aliphatic rings. The van der Waals surface area contributed by atoms with Gasteiger partial charge >= 0.3 is 12.1 Å². The maximum absolute atomic E-state index is 13.1. The van der Waals surface area contributed by atoms with Crippen LogP contribution in [0.15, 0.2) is 18.2 Å². The van der Waals surface area contributed by atoms with E-state index in [-0.39, 0.29) is 5.56 Å². The first-order chi connectivity index (χ1) is 9.27. The van der Waals surface area contributed by atoms with Crippen LogP contribution in [0.25, 0.3) is 0 Å². The van der Waals surface area contributed by atoms with E-state index in [4.69, 9.17) is 5.11 Å². The summed E-state index contributed by atoms with van der Waals surface area (Å²) in [5, 5.41) is 9.12. The third kappa shape index (κ3) is 2.34. The summed E-state index contributed by atoms with van der Waals surface area (Å²) in [7, 11) is 0. The molecule has 1 heterocycles. The van der Waals surface area contributed by atoms with Gasteiger partial charge in [0.15, 0.2) is 0 Å². The maximum Gasteiger partial charge on any atom is 0.416 e. The summed E-state index contributed by atoms with van der Waals surface area (Å²) in [6, 6.07) is 4.03. The van der Waals surface area contributed by atoms with E-state index in [1.165, 1.54) is 13.0 Å². The Balaban J connectivity index is 2.58. The Kier molecular flexibility index (Phi) is 3.67. The van der Waals surface area contributed by atoms with Crippen molar-refractivity contribution in [2.24, 2.45) is 5.92 Å². The fraction of sp³-hybridized carbons (Fsp3) is 0.500. The summed E-state index contributed by atoms with van der Waals surface area (Å²) < 4.78 is 39.4. The molecule has 0 aromatic heterocycles. The SMILES string of the molecule is CCN1CC(C(C)C(=O)O)c2c1cccc2C(F)(F)F. The fourth-order valence-electron chi connectivity index (χ4n) is 2.77. The maximum atomic E-state index is 13.1. The van der Waals surface area contributed by atoms with Gasteiger partial charge in [0.2, 0.25) is 0 Å². The molecule has 2 rings (SSSR count). The van der Waals surface area contributed by atoms with Gasteiger partial charge in [-0.1, -0.05) is 13.0 Å². The van der Waals surface area contributed by atoms with Crippen LogP contribution in [0, 0.1) is 5.92 Å². The molecular formula is C14H16F3NO2. The third-order valence-corrected chi connectivity index (χ3v) is 3.89. The average molecular weight is 287 g/mol. The highest BCUT2D eigenvalue weighted by Gasteiger charge is 2.43. The van der Waals surface area contributed by atoms with Gasteiger partial charge < -0.3 is 10.0 Å². The average Bonchev–Trinajstić information content (AvgIpc) is 2.74. The Hall–Kier alpha value is -1.72. The van der Waals surface area contributed by atoms with Crippen molar-refractivity contribution in [1.82, 2.24) is 0 Å². The zero-order valence-electron chi connectivity index (χ0n) is 11.2. The lowest BCUT2D eigenvalue weighted by Gasteiger charge is -2.19. The van der Waals surface area contributed by atoms with Crippen LogP contribution in [0.1, 0.15) is 30.9 Å². The first-order valence-electron chi connectivity index (χ1n) is 6.45. The Bertz CT molecular complexity index is 528. The number of halogens is 3. The molecule has 1 N–H and O–H groups in total. The largest absolute Gasteiger partial charge is 0.481 e. The van der Waals surface area contributed by atoms with Gasteiger partial charge in [-0.3, -0.25) is 4.79 Å². The molecule has 6 heteroatoms. The number of benzene rings is 1. The molecule has 0 spiro atoms. The van der Waals surface area contributed by atoms with Crippen molar-refractivity contribution in [2.45, 2.75) is 25.9 Å². The lowest BCUT2D eigenvalue weighted by Crippen LogP contribution is -2.26. The minimum Gasteiger partial charge on any atom is -0.481 e. The van der Waals surface area contributed by atoms with Crippen LogP contribution in [-0.4, -0.2) is 24.2 Å². The van der Waals surface area contributed by atoms with Crippen molar-refractivity contribution >= 4 is 11.7 Å². The number of rotatable bonds is 3. The summed E-state index contributed by atoms with van der Waals surface area (Å²) >= 11 is 0. The van der Waals surface area contributed by atoms with Crippen molar-refractivity contribution in [3.8, 4) is 0 Å². The number of fused-ring (bicyclic) bond motifs is 1.